The van der Waals surface area contributed by atoms with Crippen molar-refractivity contribution in [3.05, 3.63) is 71.8 Å². The number of rotatable bonds is 13. The van der Waals surface area contributed by atoms with Gasteiger partial charge >= 0.3 is 11.9 Å². The van der Waals surface area contributed by atoms with Gasteiger partial charge in [-0.2, -0.15) is 0 Å². The standard InChI is InChI=1S/C28H38O4/c1-21(2)15-17-25(19-31-27(29)23-11-7-5-8-12-23)26(18-16-22(3)4)20-32-28(30)24-13-9-6-10-14-24/h5-14,21-22,25-26H,15-20H2,1-4H3. The maximum Gasteiger partial charge on any atom is 0.338 e. The highest BCUT2D eigenvalue weighted by atomic mass is 16.5. The average Bonchev–Trinajstić information content (AvgIpc) is 2.80. The second kappa shape index (κ2) is 13.7. The Balaban J connectivity index is 2.07. The van der Waals surface area contributed by atoms with Crippen molar-refractivity contribution in [2.24, 2.45) is 23.7 Å². The summed E-state index contributed by atoms with van der Waals surface area (Å²) >= 11 is 0. The SMILES string of the molecule is CC(C)CCC(COC(=O)c1ccccc1)C(CCC(C)C)COC(=O)c1ccccc1. The fraction of sp³-hybridized carbons (Fsp3) is 0.500. The first-order valence-electron chi connectivity index (χ1n) is 11.8. The van der Waals surface area contributed by atoms with E-state index in [9.17, 15) is 9.59 Å². The van der Waals surface area contributed by atoms with Crippen molar-refractivity contribution in [1.29, 1.82) is 0 Å². The summed E-state index contributed by atoms with van der Waals surface area (Å²) < 4.78 is 11.4. The van der Waals surface area contributed by atoms with Gasteiger partial charge in [0.25, 0.3) is 0 Å². The van der Waals surface area contributed by atoms with E-state index in [-0.39, 0.29) is 23.8 Å². The van der Waals surface area contributed by atoms with Crippen LogP contribution in [0, 0.1) is 23.7 Å². The molecule has 2 rings (SSSR count). The molecular formula is C28H38O4. The Hall–Kier alpha value is -2.62. The van der Waals surface area contributed by atoms with Crippen LogP contribution in [0.25, 0.3) is 0 Å². The second-order valence-electron chi connectivity index (χ2n) is 9.39. The molecule has 0 radical (unpaired) electrons. The highest BCUT2D eigenvalue weighted by Crippen LogP contribution is 2.27. The lowest BCUT2D eigenvalue weighted by Crippen LogP contribution is -2.28. The molecule has 0 aromatic heterocycles. The lowest BCUT2D eigenvalue weighted by atomic mass is 9.83. The maximum absolute atomic E-state index is 12.5. The van der Waals surface area contributed by atoms with Gasteiger partial charge in [-0.3, -0.25) is 0 Å². The summed E-state index contributed by atoms with van der Waals surface area (Å²) in [5.74, 6) is 0.799. The topological polar surface area (TPSA) is 52.6 Å². The molecule has 0 aliphatic heterocycles. The monoisotopic (exact) mass is 438 g/mol. The summed E-state index contributed by atoms with van der Waals surface area (Å²) in [6, 6.07) is 18.2. The van der Waals surface area contributed by atoms with Crippen molar-refractivity contribution < 1.29 is 19.1 Å². The van der Waals surface area contributed by atoms with Gasteiger partial charge in [-0.05, 0) is 60.8 Å². The van der Waals surface area contributed by atoms with Gasteiger partial charge in [-0.1, -0.05) is 76.9 Å². The van der Waals surface area contributed by atoms with Crippen LogP contribution >= 0.6 is 0 Å². The molecule has 0 saturated carbocycles. The van der Waals surface area contributed by atoms with E-state index < -0.39 is 0 Å². The van der Waals surface area contributed by atoms with E-state index in [4.69, 9.17) is 9.47 Å². The largest absolute Gasteiger partial charge is 0.462 e. The summed E-state index contributed by atoms with van der Waals surface area (Å²) in [5.41, 5.74) is 1.12. The van der Waals surface area contributed by atoms with Gasteiger partial charge in [0, 0.05) is 0 Å². The Kier molecular flexibility index (Phi) is 11.0. The maximum atomic E-state index is 12.5. The van der Waals surface area contributed by atoms with E-state index in [0.717, 1.165) is 25.7 Å². The smallest absolute Gasteiger partial charge is 0.338 e. The Bertz CT molecular complexity index is 729. The molecule has 0 bridgehead atoms. The number of hydrogen-bond donors (Lipinski definition) is 0. The van der Waals surface area contributed by atoms with Gasteiger partial charge in [0.05, 0.1) is 24.3 Å². The van der Waals surface area contributed by atoms with Crippen LogP contribution in [0.5, 0.6) is 0 Å². The van der Waals surface area contributed by atoms with E-state index in [1.807, 2.05) is 36.4 Å². The van der Waals surface area contributed by atoms with Crippen molar-refractivity contribution in [3.8, 4) is 0 Å². The third kappa shape index (κ3) is 9.25. The van der Waals surface area contributed by atoms with Crippen molar-refractivity contribution >= 4 is 11.9 Å². The van der Waals surface area contributed by atoms with Crippen LogP contribution in [0.2, 0.25) is 0 Å². The van der Waals surface area contributed by atoms with Crippen molar-refractivity contribution in [2.45, 2.75) is 53.4 Å². The molecule has 0 fully saturated rings. The van der Waals surface area contributed by atoms with Crippen LogP contribution in [-0.2, 0) is 9.47 Å². The zero-order chi connectivity index (χ0) is 23.3. The fourth-order valence-electron chi connectivity index (χ4n) is 3.69. The molecule has 0 saturated heterocycles. The molecule has 4 nitrogen and oxygen atoms in total. The minimum Gasteiger partial charge on any atom is -0.462 e. The molecule has 174 valence electrons. The minimum atomic E-state index is -0.302. The molecule has 0 N–H and O–H groups in total. The summed E-state index contributed by atoms with van der Waals surface area (Å²) in [7, 11) is 0. The highest BCUT2D eigenvalue weighted by molar-refractivity contribution is 5.89. The number of ether oxygens (including phenoxy) is 2. The van der Waals surface area contributed by atoms with Gasteiger partial charge < -0.3 is 9.47 Å². The van der Waals surface area contributed by atoms with Crippen LogP contribution in [0.4, 0.5) is 0 Å². The summed E-state index contributed by atoms with van der Waals surface area (Å²) in [6.45, 7) is 9.48. The summed E-state index contributed by atoms with van der Waals surface area (Å²) in [6.07, 6.45) is 3.95. The molecule has 0 aliphatic carbocycles. The Morgan fingerprint density at radius 2 is 0.938 bits per heavy atom. The van der Waals surface area contributed by atoms with E-state index in [1.165, 1.54) is 0 Å². The molecular weight excluding hydrogens is 400 g/mol. The molecule has 2 atom stereocenters. The van der Waals surface area contributed by atoms with E-state index in [1.54, 1.807) is 24.3 Å². The van der Waals surface area contributed by atoms with Crippen LogP contribution < -0.4 is 0 Å². The normalized spacial score (nSPS) is 13.1. The van der Waals surface area contributed by atoms with Gasteiger partial charge in [0.1, 0.15) is 0 Å². The Labute approximate surface area is 193 Å². The second-order valence-corrected chi connectivity index (χ2v) is 9.39. The predicted octanol–water partition coefficient (Wildman–Crippen LogP) is 6.81. The number of carbonyl (C=O) groups is 2. The quantitative estimate of drug-likeness (QED) is 0.323. The van der Waals surface area contributed by atoms with Crippen molar-refractivity contribution in [2.75, 3.05) is 13.2 Å². The Morgan fingerprint density at radius 1 is 0.594 bits per heavy atom. The third-order valence-corrected chi connectivity index (χ3v) is 5.77. The molecule has 0 heterocycles. The molecule has 0 amide bonds. The molecule has 4 heteroatoms. The van der Waals surface area contributed by atoms with E-state index in [0.29, 0.717) is 36.2 Å². The first-order valence-corrected chi connectivity index (χ1v) is 11.8. The Morgan fingerprint density at radius 3 is 1.25 bits per heavy atom. The summed E-state index contributed by atoms with van der Waals surface area (Å²) in [4.78, 5) is 25.0. The summed E-state index contributed by atoms with van der Waals surface area (Å²) in [5, 5.41) is 0. The molecule has 2 unspecified atom stereocenters. The zero-order valence-corrected chi connectivity index (χ0v) is 20.0. The van der Waals surface area contributed by atoms with Gasteiger partial charge in [0.2, 0.25) is 0 Å². The van der Waals surface area contributed by atoms with Gasteiger partial charge in [-0.25, -0.2) is 9.59 Å². The lowest BCUT2D eigenvalue weighted by Gasteiger charge is -2.28. The number of esters is 2. The fourth-order valence-corrected chi connectivity index (χ4v) is 3.69. The molecule has 2 aromatic rings. The molecule has 0 spiro atoms. The zero-order valence-electron chi connectivity index (χ0n) is 20.0. The van der Waals surface area contributed by atoms with Gasteiger partial charge in [-0.15, -0.1) is 0 Å². The van der Waals surface area contributed by atoms with E-state index in [2.05, 4.69) is 27.7 Å². The van der Waals surface area contributed by atoms with Crippen LogP contribution in [-0.4, -0.2) is 25.2 Å². The van der Waals surface area contributed by atoms with E-state index >= 15 is 0 Å². The lowest BCUT2D eigenvalue weighted by molar-refractivity contribution is 0.0179. The molecule has 2 aromatic carbocycles. The van der Waals surface area contributed by atoms with Crippen molar-refractivity contribution in [1.82, 2.24) is 0 Å². The van der Waals surface area contributed by atoms with Crippen LogP contribution in [0.1, 0.15) is 74.1 Å². The van der Waals surface area contributed by atoms with Gasteiger partial charge in [0.15, 0.2) is 0 Å². The molecule has 32 heavy (non-hydrogen) atoms. The van der Waals surface area contributed by atoms with Crippen LogP contribution in [0.15, 0.2) is 60.7 Å². The first kappa shape index (κ1) is 25.6. The number of carbonyl (C=O) groups excluding carboxylic acids is 2. The minimum absolute atomic E-state index is 0.146. The predicted molar refractivity (Wildman–Crippen MR) is 129 cm³/mol. The third-order valence-electron chi connectivity index (χ3n) is 5.77. The average molecular weight is 439 g/mol. The van der Waals surface area contributed by atoms with Crippen molar-refractivity contribution in [3.63, 3.8) is 0 Å². The number of benzene rings is 2. The van der Waals surface area contributed by atoms with Crippen LogP contribution in [0.3, 0.4) is 0 Å². The first-order chi connectivity index (χ1) is 15.4. The number of hydrogen-bond acceptors (Lipinski definition) is 4. The highest BCUT2D eigenvalue weighted by Gasteiger charge is 2.26. The molecule has 0 aliphatic rings.